The van der Waals surface area contributed by atoms with Crippen LogP contribution in [-0.4, -0.2) is 20.9 Å². The summed E-state index contributed by atoms with van der Waals surface area (Å²) in [5, 5.41) is 12.2. The summed E-state index contributed by atoms with van der Waals surface area (Å²) in [5.41, 5.74) is 21.7. The van der Waals surface area contributed by atoms with E-state index in [1.807, 2.05) is 6.20 Å². The molecule has 0 unspecified atom stereocenters. The van der Waals surface area contributed by atoms with Crippen LogP contribution in [0.25, 0.3) is 88.9 Å². The fourth-order valence-corrected chi connectivity index (χ4v) is 11.5. The molecular formula is C68H64N2O2. The number of aromatic nitrogens is 2. The Bertz CT molecular complexity index is 3580. The molecule has 2 aromatic heterocycles. The molecule has 4 heteroatoms. The normalized spacial score (nSPS) is 14.1. The maximum absolute atomic E-state index is 13.1. The Hall–Kier alpha value is -7.69. The van der Waals surface area contributed by atoms with E-state index in [1.54, 1.807) is 6.92 Å². The smallest absolute Gasteiger partial charge is 0.159 e. The number of benzene rings is 7. The van der Waals surface area contributed by atoms with Gasteiger partial charge in [0.1, 0.15) is 0 Å². The highest BCUT2D eigenvalue weighted by molar-refractivity contribution is 6.01. The van der Waals surface area contributed by atoms with Gasteiger partial charge >= 0.3 is 0 Å². The van der Waals surface area contributed by atoms with Crippen LogP contribution >= 0.6 is 0 Å². The molecule has 1 N–H and O–H groups in total. The van der Waals surface area contributed by atoms with Crippen molar-refractivity contribution >= 4 is 16.6 Å². The lowest BCUT2D eigenvalue weighted by Gasteiger charge is -2.22. The summed E-state index contributed by atoms with van der Waals surface area (Å²) in [7, 11) is 0. The van der Waals surface area contributed by atoms with Gasteiger partial charge in [-0.25, -0.2) is 0 Å². The first-order valence-corrected chi connectivity index (χ1v) is 25.4. The van der Waals surface area contributed by atoms with Gasteiger partial charge in [0.2, 0.25) is 0 Å². The molecular weight excluding hydrogens is 877 g/mol. The number of aliphatic hydroxyl groups is 1. The third kappa shape index (κ3) is 9.46. The van der Waals surface area contributed by atoms with Crippen LogP contribution in [0.5, 0.6) is 0 Å². The highest BCUT2D eigenvalue weighted by atomic mass is 16.3. The van der Waals surface area contributed by atoms with E-state index < -0.39 is 0 Å². The van der Waals surface area contributed by atoms with Gasteiger partial charge in [0.05, 0.1) is 17.1 Å². The zero-order chi connectivity index (χ0) is 50.5. The van der Waals surface area contributed by atoms with Crippen LogP contribution < -0.4 is 0 Å². The average Bonchev–Trinajstić information content (AvgIpc) is 3.56. The Kier molecular flexibility index (Phi) is 12.5. The van der Waals surface area contributed by atoms with Gasteiger partial charge in [-0.1, -0.05) is 170 Å². The minimum atomic E-state index is -0.103. The van der Waals surface area contributed by atoms with E-state index in [-0.39, 0.29) is 34.2 Å². The summed E-state index contributed by atoms with van der Waals surface area (Å²) in [6.07, 6.45) is 7.22. The number of hydrogen-bond acceptors (Lipinski definition) is 4. The summed E-state index contributed by atoms with van der Waals surface area (Å²) in [4.78, 5) is 23.1. The number of allylic oxidation sites excluding steroid dienone is 2. The number of fused-ring (bicyclic) bond motifs is 2. The maximum Gasteiger partial charge on any atom is 0.159 e. The number of rotatable bonds is 11. The molecule has 0 aliphatic heterocycles. The summed E-state index contributed by atoms with van der Waals surface area (Å²) >= 11 is 0. The zero-order valence-electron chi connectivity index (χ0n) is 43.2. The SMILES string of the molecule is C/C(O)=C/C(=O)CCc1ccc2ccccc2c1-c1cc(-c2ccccc2-c2ccc(-c3cc(C(C)(C)C)ccn3)cc2)cc(-c2ccccc2-c2cnc(-c3ccc4c(c3)C(C)(C)CC4(C)C)cc2C)c1. The van der Waals surface area contributed by atoms with Gasteiger partial charge in [0.25, 0.3) is 0 Å². The van der Waals surface area contributed by atoms with Crippen molar-refractivity contribution in [2.24, 2.45) is 0 Å². The van der Waals surface area contributed by atoms with Crippen LogP contribution in [0.4, 0.5) is 0 Å². The topological polar surface area (TPSA) is 63.1 Å². The Morgan fingerprint density at radius 3 is 1.85 bits per heavy atom. The predicted molar refractivity (Wildman–Crippen MR) is 301 cm³/mol. The van der Waals surface area contributed by atoms with E-state index >= 15 is 0 Å². The van der Waals surface area contributed by atoms with Crippen LogP contribution in [0.1, 0.15) is 96.0 Å². The number of hydrogen-bond donors (Lipinski definition) is 1. The van der Waals surface area contributed by atoms with Crippen LogP contribution in [0.15, 0.2) is 188 Å². The number of nitrogens with zero attached hydrogens (tertiary/aromatic N) is 2. The van der Waals surface area contributed by atoms with Gasteiger partial charge in [-0.05, 0) is 174 Å². The number of carbonyl (C=O) groups excluding carboxylic acids is 1. The maximum atomic E-state index is 13.1. The number of aryl methyl sites for hydroxylation is 2. The van der Waals surface area contributed by atoms with Gasteiger partial charge in [0, 0.05) is 41.6 Å². The first kappa shape index (κ1) is 48.0. The summed E-state index contributed by atoms with van der Waals surface area (Å²) in [6.45, 7) is 19.9. The van der Waals surface area contributed by atoms with Crippen LogP contribution in [0.2, 0.25) is 0 Å². The van der Waals surface area contributed by atoms with Gasteiger partial charge in [-0.2, -0.15) is 0 Å². The van der Waals surface area contributed by atoms with E-state index in [0.29, 0.717) is 6.42 Å². The highest BCUT2D eigenvalue weighted by Crippen LogP contribution is 2.50. The van der Waals surface area contributed by atoms with Crippen LogP contribution in [-0.2, 0) is 27.5 Å². The monoisotopic (exact) mass is 940 g/mol. The molecule has 0 spiro atoms. The lowest BCUT2D eigenvalue weighted by atomic mass is 9.82. The fourth-order valence-electron chi connectivity index (χ4n) is 11.5. The molecule has 9 aromatic rings. The average molecular weight is 941 g/mol. The molecule has 0 saturated carbocycles. The van der Waals surface area contributed by atoms with Gasteiger partial charge in [0.15, 0.2) is 5.78 Å². The Morgan fingerprint density at radius 2 is 1.17 bits per heavy atom. The third-order valence-electron chi connectivity index (χ3n) is 14.9. The molecule has 0 fully saturated rings. The molecule has 0 amide bonds. The molecule has 2 heterocycles. The highest BCUT2D eigenvalue weighted by Gasteiger charge is 2.41. The number of carbonyl (C=O) groups is 1. The van der Waals surface area contributed by atoms with Crippen molar-refractivity contribution < 1.29 is 9.90 Å². The second-order valence-corrected chi connectivity index (χ2v) is 22.3. The minimum absolute atomic E-state index is 0.0175. The molecule has 0 saturated heterocycles. The second kappa shape index (κ2) is 18.8. The van der Waals surface area contributed by atoms with Gasteiger partial charge in [-0.3, -0.25) is 14.8 Å². The van der Waals surface area contributed by atoms with Crippen molar-refractivity contribution in [2.45, 2.75) is 97.8 Å². The van der Waals surface area contributed by atoms with E-state index in [1.165, 1.54) is 22.8 Å². The number of ketones is 1. The summed E-state index contributed by atoms with van der Waals surface area (Å²) < 4.78 is 0. The molecule has 4 nitrogen and oxygen atoms in total. The number of pyridine rings is 2. The molecule has 7 aromatic carbocycles. The van der Waals surface area contributed by atoms with Gasteiger partial charge < -0.3 is 5.11 Å². The molecule has 72 heavy (non-hydrogen) atoms. The van der Waals surface area contributed by atoms with Crippen LogP contribution in [0, 0.1) is 6.92 Å². The van der Waals surface area contributed by atoms with Gasteiger partial charge in [-0.15, -0.1) is 0 Å². The first-order chi connectivity index (χ1) is 34.4. The molecule has 1 aliphatic rings. The van der Waals surface area contributed by atoms with E-state index in [4.69, 9.17) is 9.97 Å². The molecule has 0 radical (unpaired) electrons. The quantitative estimate of drug-likeness (QED) is 0.104. The summed E-state index contributed by atoms with van der Waals surface area (Å²) in [6, 6.07) is 59.5. The standard InChI is InChI=1S/C68H64N2O2/c1-43-34-63(49-29-31-61-62(39-49)68(8,9)42-67(61,6)7)70-41-60(43)59-21-15-14-19-57(59)51-36-50(37-52(38-51)65-48(28-30-54(72)35-44(2)71)27-24-45-16-10-11-20-58(45)65)56-18-13-12-17-55(56)46-22-25-47(26-23-46)64-40-53(32-33-69-64)66(3,4)5/h10-27,29,31-41,71H,28,30,42H2,1-9H3/b44-35-. The fraction of sp³-hybridized carbons (Fsp3) is 0.221. The van der Waals surface area contributed by atoms with E-state index in [9.17, 15) is 9.90 Å². The van der Waals surface area contributed by atoms with Crippen molar-refractivity contribution in [3.05, 3.63) is 216 Å². The van der Waals surface area contributed by atoms with Crippen molar-refractivity contribution in [2.75, 3.05) is 0 Å². The van der Waals surface area contributed by atoms with Crippen molar-refractivity contribution in [1.29, 1.82) is 0 Å². The zero-order valence-corrected chi connectivity index (χ0v) is 43.2. The van der Waals surface area contributed by atoms with Crippen LogP contribution in [0.3, 0.4) is 0 Å². The summed E-state index contributed by atoms with van der Waals surface area (Å²) in [5.74, 6) is -0.0833. The number of aliphatic hydroxyl groups excluding tert-OH is 1. The largest absolute Gasteiger partial charge is 0.512 e. The van der Waals surface area contributed by atoms with E-state index in [2.05, 4.69) is 225 Å². The predicted octanol–water partition coefficient (Wildman–Crippen LogP) is 17.8. The molecule has 0 bridgehead atoms. The minimum Gasteiger partial charge on any atom is -0.512 e. The Balaban J connectivity index is 1.13. The third-order valence-corrected chi connectivity index (χ3v) is 14.9. The molecule has 10 rings (SSSR count). The Morgan fingerprint density at radius 1 is 0.583 bits per heavy atom. The lowest BCUT2D eigenvalue weighted by Crippen LogP contribution is -2.17. The van der Waals surface area contributed by atoms with Crippen molar-refractivity contribution in [3.63, 3.8) is 0 Å². The molecule has 1 aliphatic carbocycles. The van der Waals surface area contributed by atoms with E-state index in [0.717, 1.165) is 106 Å². The molecule has 0 atom stereocenters. The Labute approximate surface area is 426 Å². The second-order valence-electron chi connectivity index (χ2n) is 22.3. The first-order valence-electron chi connectivity index (χ1n) is 25.4. The molecule has 358 valence electrons. The van der Waals surface area contributed by atoms with Crippen molar-refractivity contribution in [3.8, 4) is 78.1 Å². The lowest BCUT2D eigenvalue weighted by molar-refractivity contribution is -0.114. The van der Waals surface area contributed by atoms with Crippen molar-refractivity contribution in [1.82, 2.24) is 9.97 Å².